The molecule has 0 fully saturated rings. The van der Waals surface area contributed by atoms with E-state index in [1.165, 1.54) is 6.07 Å². The van der Waals surface area contributed by atoms with Crippen LogP contribution in [0.15, 0.2) is 24.5 Å². The smallest absolute Gasteiger partial charge is 0.161 e. The zero-order chi connectivity index (χ0) is 25.3. The summed E-state index contributed by atoms with van der Waals surface area (Å²) in [4.78, 5) is 23.0. The lowest BCUT2D eigenvalue weighted by molar-refractivity contribution is 0.0897. The number of carbonyl (C=O) groups is 1. The van der Waals surface area contributed by atoms with E-state index in [0.29, 0.717) is 63.7 Å². The van der Waals surface area contributed by atoms with E-state index in [1.807, 2.05) is 19.0 Å². The number of aldehydes is 1. The summed E-state index contributed by atoms with van der Waals surface area (Å²) >= 11 is 6.14. The summed E-state index contributed by atoms with van der Waals surface area (Å²) in [6.07, 6.45) is 3.99. The number of hydrogen-bond donors (Lipinski definition) is 0. The number of ether oxygens (including phenoxy) is 1. The van der Waals surface area contributed by atoms with Gasteiger partial charge in [-0.1, -0.05) is 31.2 Å². The number of aromatic nitrogens is 5. The maximum Gasteiger partial charge on any atom is 0.161 e. The Hall–Kier alpha value is -2.66. The molecule has 0 N–H and O–H groups in total. The normalized spacial score (nSPS) is 12.3. The molecule has 3 aromatic heterocycles. The molecule has 3 heterocycles. The summed E-state index contributed by atoms with van der Waals surface area (Å²) in [5.74, 6) is -0.482. The highest BCUT2D eigenvalue weighted by Crippen LogP contribution is 2.32. The molecule has 4 aromatic rings. The molecule has 0 bridgehead atoms. The molecule has 11 heteroatoms. The average molecular weight is 517 g/mol. The number of likely N-dealkylation sites (N-methyl/N-ethyl adjacent to an activating group) is 1. The molecule has 0 aliphatic rings. The van der Waals surface area contributed by atoms with Gasteiger partial charge in [0.1, 0.15) is 29.5 Å². The predicted molar refractivity (Wildman–Crippen MR) is 139 cm³/mol. The Morgan fingerprint density at radius 1 is 1.26 bits per heavy atom. The van der Waals surface area contributed by atoms with Crippen LogP contribution in [0.3, 0.4) is 0 Å². The van der Waals surface area contributed by atoms with Crippen molar-refractivity contribution in [3.63, 3.8) is 0 Å². The summed E-state index contributed by atoms with van der Waals surface area (Å²) in [5.41, 5.74) is 2.67. The highest BCUT2D eigenvalue weighted by molar-refractivity contribution is 6.76. The van der Waals surface area contributed by atoms with Crippen LogP contribution in [0.4, 0.5) is 4.39 Å². The van der Waals surface area contributed by atoms with Crippen LogP contribution in [0, 0.1) is 5.82 Å². The fraction of sp³-hybridized carbons (Fsp3) is 0.417. The van der Waals surface area contributed by atoms with Gasteiger partial charge in [-0.2, -0.15) is 5.10 Å². The monoisotopic (exact) mass is 516 g/mol. The van der Waals surface area contributed by atoms with Crippen molar-refractivity contribution in [2.75, 3.05) is 27.2 Å². The van der Waals surface area contributed by atoms with Crippen molar-refractivity contribution in [2.24, 2.45) is 0 Å². The zero-order valence-electron chi connectivity index (χ0n) is 20.7. The van der Waals surface area contributed by atoms with Gasteiger partial charge in [-0.3, -0.25) is 9.48 Å². The third kappa shape index (κ3) is 5.61. The fourth-order valence-electron chi connectivity index (χ4n) is 3.78. The molecule has 0 amide bonds. The summed E-state index contributed by atoms with van der Waals surface area (Å²) < 4.78 is 24.4. The number of rotatable bonds is 10. The van der Waals surface area contributed by atoms with Crippen LogP contribution < -0.4 is 0 Å². The predicted octanol–water partition coefficient (Wildman–Crippen LogP) is 4.93. The third-order valence-electron chi connectivity index (χ3n) is 5.72. The molecule has 1 aromatic carbocycles. The fourth-order valence-corrected chi connectivity index (χ4v) is 4.74. The van der Waals surface area contributed by atoms with Gasteiger partial charge in [0.05, 0.1) is 29.2 Å². The molecule has 0 spiro atoms. The largest absolute Gasteiger partial charge is 0.361 e. The van der Waals surface area contributed by atoms with E-state index >= 15 is 4.39 Å². The number of halogens is 2. The Morgan fingerprint density at radius 3 is 2.71 bits per heavy atom. The first-order valence-corrected chi connectivity index (χ1v) is 15.6. The molecule has 35 heavy (non-hydrogen) atoms. The van der Waals surface area contributed by atoms with E-state index in [4.69, 9.17) is 16.3 Å². The maximum atomic E-state index is 15.1. The van der Waals surface area contributed by atoms with Gasteiger partial charge < -0.3 is 14.2 Å². The van der Waals surface area contributed by atoms with Gasteiger partial charge in [-0.05, 0) is 32.3 Å². The number of carbonyl (C=O) groups excluding carboxylic acids is 1. The Bertz CT molecular complexity index is 1380. The topological polar surface area (TPSA) is 78.1 Å². The van der Waals surface area contributed by atoms with Gasteiger partial charge in [0.25, 0.3) is 0 Å². The number of nitrogens with zero attached hydrogens (tertiary/aromatic N) is 6. The van der Waals surface area contributed by atoms with Crippen LogP contribution in [-0.4, -0.2) is 70.8 Å². The Balaban J connectivity index is 1.73. The second-order valence-electron chi connectivity index (χ2n) is 10.1. The van der Waals surface area contributed by atoms with Crippen molar-refractivity contribution in [3.8, 4) is 11.4 Å². The summed E-state index contributed by atoms with van der Waals surface area (Å²) in [6, 6.07) is 4.01. The Kier molecular flexibility index (Phi) is 7.37. The standard InChI is InChI=1S/C24H30ClFN6O2Si/c1-30(2)6-7-32-20-11-17(25)10-18(26)21(20)23(29-32)19-12-27-24-22(28-19)16(14-33)13-31(24)15-34-8-9-35(3,4)5/h10-14H,6-9,15H2,1-5H3. The number of fused-ring (bicyclic) bond motifs is 2. The molecular formula is C24H30ClFN6O2Si. The van der Waals surface area contributed by atoms with E-state index < -0.39 is 13.9 Å². The van der Waals surface area contributed by atoms with E-state index in [2.05, 4.69) is 34.7 Å². The van der Waals surface area contributed by atoms with Crippen LogP contribution in [0.2, 0.25) is 30.7 Å². The summed E-state index contributed by atoms with van der Waals surface area (Å²) in [7, 11) is 2.71. The van der Waals surface area contributed by atoms with Crippen molar-refractivity contribution >= 4 is 48.0 Å². The van der Waals surface area contributed by atoms with E-state index in [-0.39, 0.29) is 6.73 Å². The SMILES string of the molecule is CN(C)CCn1nc(-c2cnc3c(n2)c(C=O)cn3COCC[Si](C)(C)C)c2c(F)cc(Cl)cc21. The van der Waals surface area contributed by atoms with E-state index in [0.717, 1.165) is 12.3 Å². The van der Waals surface area contributed by atoms with Crippen LogP contribution >= 0.6 is 11.6 Å². The molecule has 0 saturated heterocycles. The van der Waals surface area contributed by atoms with Gasteiger partial charge in [0, 0.05) is 32.4 Å². The van der Waals surface area contributed by atoms with Gasteiger partial charge in [0.2, 0.25) is 0 Å². The van der Waals surface area contributed by atoms with Crippen molar-refractivity contribution < 1.29 is 13.9 Å². The van der Waals surface area contributed by atoms with E-state index in [1.54, 1.807) is 27.7 Å². The van der Waals surface area contributed by atoms with Gasteiger partial charge in [-0.15, -0.1) is 0 Å². The zero-order valence-corrected chi connectivity index (χ0v) is 22.4. The van der Waals surface area contributed by atoms with Crippen LogP contribution in [0.5, 0.6) is 0 Å². The van der Waals surface area contributed by atoms with Gasteiger partial charge in [0.15, 0.2) is 11.9 Å². The molecule has 0 unspecified atom stereocenters. The first kappa shape index (κ1) is 25.4. The molecule has 8 nitrogen and oxygen atoms in total. The minimum Gasteiger partial charge on any atom is -0.361 e. The average Bonchev–Trinajstić information content (AvgIpc) is 3.32. The van der Waals surface area contributed by atoms with Gasteiger partial charge >= 0.3 is 0 Å². The van der Waals surface area contributed by atoms with Crippen LogP contribution in [0.25, 0.3) is 33.5 Å². The Morgan fingerprint density at radius 2 is 2.03 bits per heavy atom. The summed E-state index contributed by atoms with van der Waals surface area (Å²) in [6.45, 7) is 9.06. The minimum absolute atomic E-state index is 0.276. The second kappa shape index (κ2) is 10.1. The molecular weight excluding hydrogens is 487 g/mol. The van der Waals surface area contributed by atoms with Crippen molar-refractivity contribution in [3.05, 3.63) is 40.9 Å². The maximum absolute atomic E-state index is 15.1. The van der Waals surface area contributed by atoms with Crippen molar-refractivity contribution in [2.45, 2.75) is 39.0 Å². The van der Waals surface area contributed by atoms with Crippen LogP contribution in [-0.2, 0) is 18.0 Å². The highest BCUT2D eigenvalue weighted by atomic mass is 35.5. The number of hydrogen-bond acceptors (Lipinski definition) is 6. The first-order valence-electron chi connectivity index (χ1n) is 11.5. The quantitative estimate of drug-likeness (QED) is 0.169. The van der Waals surface area contributed by atoms with Gasteiger partial charge in [-0.25, -0.2) is 14.4 Å². The lowest BCUT2D eigenvalue weighted by atomic mass is 10.1. The third-order valence-corrected chi connectivity index (χ3v) is 7.64. The molecule has 4 rings (SSSR count). The molecule has 0 radical (unpaired) electrons. The molecule has 0 atom stereocenters. The van der Waals surface area contributed by atoms with Crippen LogP contribution in [0.1, 0.15) is 10.4 Å². The first-order chi connectivity index (χ1) is 16.6. The molecule has 0 saturated carbocycles. The molecule has 0 aliphatic carbocycles. The number of benzene rings is 1. The van der Waals surface area contributed by atoms with Crippen molar-refractivity contribution in [1.29, 1.82) is 0 Å². The lowest BCUT2D eigenvalue weighted by Crippen LogP contribution is -2.22. The van der Waals surface area contributed by atoms with Crippen molar-refractivity contribution in [1.82, 2.24) is 29.2 Å². The highest BCUT2D eigenvalue weighted by Gasteiger charge is 2.21. The van der Waals surface area contributed by atoms with E-state index in [9.17, 15) is 4.79 Å². The molecule has 0 aliphatic heterocycles. The minimum atomic E-state index is -1.21. The lowest BCUT2D eigenvalue weighted by Gasteiger charge is -2.15. The molecule has 186 valence electrons. The second-order valence-corrected chi connectivity index (χ2v) is 16.2. The Labute approximate surface area is 209 Å². The summed E-state index contributed by atoms with van der Waals surface area (Å²) in [5, 5.41) is 5.28.